The maximum Gasteiger partial charge on any atom is 0.227 e. The minimum atomic E-state index is -0.340. The van der Waals surface area contributed by atoms with Gasteiger partial charge in [-0.25, -0.2) is 4.39 Å². The highest BCUT2D eigenvalue weighted by Crippen LogP contribution is 2.23. The Balaban J connectivity index is 1.63. The molecule has 0 spiro atoms. The number of carbonyl (C=O) groups excluding carboxylic acids is 2. The van der Waals surface area contributed by atoms with E-state index in [-0.39, 0.29) is 36.1 Å². The maximum absolute atomic E-state index is 13.2. The first-order valence-corrected chi connectivity index (χ1v) is 7.55. The smallest absolute Gasteiger partial charge is 0.227 e. The van der Waals surface area contributed by atoms with Crippen LogP contribution in [-0.2, 0) is 20.7 Å². The van der Waals surface area contributed by atoms with E-state index < -0.39 is 0 Å². The van der Waals surface area contributed by atoms with Crippen molar-refractivity contribution in [2.75, 3.05) is 26.2 Å². The van der Waals surface area contributed by atoms with E-state index in [2.05, 4.69) is 5.32 Å². The molecule has 2 atom stereocenters. The highest BCUT2D eigenvalue weighted by atomic mass is 19.1. The van der Waals surface area contributed by atoms with Crippen molar-refractivity contribution in [2.24, 2.45) is 5.92 Å². The summed E-state index contributed by atoms with van der Waals surface area (Å²) in [5, 5.41) is 2.82. The molecular formula is C16H19FN2O3. The van der Waals surface area contributed by atoms with Gasteiger partial charge in [0.15, 0.2) is 0 Å². The molecule has 1 aromatic carbocycles. The van der Waals surface area contributed by atoms with Crippen LogP contribution in [0.5, 0.6) is 0 Å². The van der Waals surface area contributed by atoms with E-state index in [9.17, 15) is 14.0 Å². The number of ether oxygens (including phenoxy) is 1. The van der Waals surface area contributed by atoms with E-state index in [0.29, 0.717) is 38.2 Å². The molecule has 2 saturated heterocycles. The minimum absolute atomic E-state index is 0.0136. The molecule has 0 bridgehead atoms. The number of hydrogen-bond acceptors (Lipinski definition) is 3. The summed E-state index contributed by atoms with van der Waals surface area (Å²) in [6.07, 6.45) is 0.528. The second kappa shape index (κ2) is 6.44. The Morgan fingerprint density at radius 3 is 3.14 bits per heavy atom. The first-order valence-electron chi connectivity index (χ1n) is 7.55. The highest BCUT2D eigenvalue weighted by molar-refractivity contribution is 5.81. The molecule has 0 radical (unpaired) electrons. The fourth-order valence-electron chi connectivity index (χ4n) is 3.06. The number of benzene rings is 1. The van der Waals surface area contributed by atoms with E-state index in [1.54, 1.807) is 17.0 Å². The number of amides is 2. The van der Waals surface area contributed by atoms with E-state index in [1.165, 1.54) is 12.1 Å². The van der Waals surface area contributed by atoms with E-state index in [4.69, 9.17) is 4.74 Å². The van der Waals surface area contributed by atoms with E-state index in [1.807, 2.05) is 0 Å². The predicted molar refractivity (Wildman–Crippen MR) is 77.5 cm³/mol. The van der Waals surface area contributed by atoms with Gasteiger partial charge in [0.25, 0.3) is 0 Å². The summed E-state index contributed by atoms with van der Waals surface area (Å²) in [5.41, 5.74) is 0.659. The van der Waals surface area contributed by atoms with Crippen molar-refractivity contribution in [1.29, 1.82) is 0 Å². The monoisotopic (exact) mass is 306 g/mol. The second-order valence-corrected chi connectivity index (χ2v) is 5.74. The zero-order valence-electron chi connectivity index (χ0n) is 12.3. The number of fused-ring (bicyclic) bond motifs is 1. The summed E-state index contributed by atoms with van der Waals surface area (Å²) in [4.78, 5) is 26.0. The van der Waals surface area contributed by atoms with Crippen molar-refractivity contribution in [1.82, 2.24) is 10.2 Å². The lowest BCUT2D eigenvalue weighted by Crippen LogP contribution is -2.50. The summed E-state index contributed by atoms with van der Waals surface area (Å²) in [6, 6.07) is 6.07. The van der Waals surface area contributed by atoms with Gasteiger partial charge in [0.2, 0.25) is 11.8 Å². The summed E-state index contributed by atoms with van der Waals surface area (Å²) in [7, 11) is 0. The molecule has 1 N–H and O–H groups in total. The number of nitrogens with one attached hydrogen (secondary N) is 1. The summed E-state index contributed by atoms with van der Waals surface area (Å²) >= 11 is 0. The average Bonchev–Trinajstić information content (AvgIpc) is 2.69. The van der Waals surface area contributed by atoms with Crippen LogP contribution in [0.1, 0.15) is 12.0 Å². The number of halogens is 1. The van der Waals surface area contributed by atoms with Crippen LogP contribution >= 0.6 is 0 Å². The quantitative estimate of drug-likeness (QED) is 0.876. The van der Waals surface area contributed by atoms with Gasteiger partial charge in [-0.05, 0) is 24.1 Å². The van der Waals surface area contributed by atoms with Crippen LogP contribution in [0.4, 0.5) is 4.39 Å². The zero-order chi connectivity index (χ0) is 15.5. The van der Waals surface area contributed by atoms with Crippen LogP contribution in [0.15, 0.2) is 24.3 Å². The molecule has 2 amide bonds. The minimum Gasteiger partial charge on any atom is -0.374 e. The normalized spacial score (nSPS) is 25.1. The van der Waals surface area contributed by atoms with Gasteiger partial charge in [0.1, 0.15) is 5.82 Å². The van der Waals surface area contributed by atoms with Crippen molar-refractivity contribution in [3.63, 3.8) is 0 Å². The number of nitrogens with zero attached hydrogens (tertiary/aromatic N) is 1. The molecule has 6 heteroatoms. The SMILES string of the molecule is O=C1NCCO[C@H]2CN(C(=O)Cc3cccc(F)c3)CC[C@@H]12. The third-order valence-corrected chi connectivity index (χ3v) is 4.23. The van der Waals surface area contributed by atoms with Gasteiger partial charge >= 0.3 is 0 Å². The third kappa shape index (κ3) is 3.27. The van der Waals surface area contributed by atoms with Gasteiger partial charge < -0.3 is 15.0 Å². The topological polar surface area (TPSA) is 58.6 Å². The number of likely N-dealkylation sites (tertiary alicyclic amines) is 1. The maximum atomic E-state index is 13.2. The van der Waals surface area contributed by atoms with E-state index in [0.717, 1.165) is 0 Å². The van der Waals surface area contributed by atoms with Gasteiger partial charge in [0.05, 0.1) is 25.0 Å². The van der Waals surface area contributed by atoms with Gasteiger partial charge in [-0.1, -0.05) is 12.1 Å². The van der Waals surface area contributed by atoms with Gasteiger partial charge in [-0.3, -0.25) is 9.59 Å². The largest absolute Gasteiger partial charge is 0.374 e. The molecule has 118 valence electrons. The fraction of sp³-hybridized carbons (Fsp3) is 0.500. The second-order valence-electron chi connectivity index (χ2n) is 5.74. The summed E-state index contributed by atoms with van der Waals surface area (Å²) in [5.74, 6) is -0.564. The van der Waals surface area contributed by atoms with Crippen molar-refractivity contribution in [3.8, 4) is 0 Å². The molecule has 0 unspecified atom stereocenters. The Kier molecular flexibility index (Phi) is 4.38. The molecule has 1 aromatic rings. The molecule has 2 heterocycles. The molecular weight excluding hydrogens is 287 g/mol. The molecule has 22 heavy (non-hydrogen) atoms. The lowest BCUT2D eigenvalue weighted by atomic mass is 9.92. The van der Waals surface area contributed by atoms with Crippen molar-refractivity contribution in [2.45, 2.75) is 18.9 Å². The van der Waals surface area contributed by atoms with Gasteiger partial charge in [-0.2, -0.15) is 0 Å². The van der Waals surface area contributed by atoms with Crippen LogP contribution in [0.3, 0.4) is 0 Å². The van der Waals surface area contributed by atoms with Crippen LogP contribution in [0, 0.1) is 11.7 Å². The summed E-state index contributed by atoms with van der Waals surface area (Å²) in [6.45, 7) is 1.94. The van der Waals surface area contributed by atoms with Crippen LogP contribution < -0.4 is 5.32 Å². The van der Waals surface area contributed by atoms with Crippen LogP contribution in [0.2, 0.25) is 0 Å². The summed E-state index contributed by atoms with van der Waals surface area (Å²) < 4.78 is 18.9. The lowest BCUT2D eigenvalue weighted by molar-refractivity contribution is -0.141. The Morgan fingerprint density at radius 2 is 2.32 bits per heavy atom. The molecule has 0 saturated carbocycles. The highest BCUT2D eigenvalue weighted by Gasteiger charge is 2.37. The third-order valence-electron chi connectivity index (χ3n) is 4.23. The number of hydrogen-bond donors (Lipinski definition) is 1. The first kappa shape index (κ1) is 15.0. The van der Waals surface area contributed by atoms with Gasteiger partial charge in [0, 0.05) is 19.6 Å². The first-order chi connectivity index (χ1) is 10.6. The van der Waals surface area contributed by atoms with E-state index >= 15 is 0 Å². The molecule has 0 aromatic heterocycles. The van der Waals surface area contributed by atoms with Crippen molar-refractivity contribution in [3.05, 3.63) is 35.6 Å². The fourth-order valence-corrected chi connectivity index (χ4v) is 3.06. The Bertz CT molecular complexity index is 578. The molecule has 2 aliphatic heterocycles. The number of carbonyl (C=O) groups is 2. The molecule has 3 rings (SSSR count). The van der Waals surface area contributed by atoms with Crippen LogP contribution in [0.25, 0.3) is 0 Å². The van der Waals surface area contributed by atoms with Crippen molar-refractivity contribution >= 4 is 11.8 Å². The van der Waals surface area contributed by atoms with Crippen LogP contribution in [-0.4, -0.2) is 49.1 Å². The number of piperidine rings is 1. The molecule has 2 aliphatic rings. The number of rotatable bonds is 2. The zero-order valence-corrected chi connectivity index (χ0v) is 12.3. The molecule has 5 nitrogen and oxygen atoms in total. The standard InChI is InChI=1S/C16H19FN2O3/c17-12-3-1-2-11(8-12)9-15(20)19-6-4-13-14(10-19)22-7-5-18-16(13)21/h1-3,8,13-14H,4-7,9-10H2,(H,18,21)/t13-,14+/m1/s1. The average molecular weight is 306 g/mol. The van der Waals surface area contributed by atoms with Gasteiger partial charge in [-0.15, -0.1) is 0 Å². The Morgan fingerprint density at radius 1 is 1.45 bits per heavy atom. The predicted octanol–water partition coefficient (Wildman–Crippen LogP) is 0.732. The Hall–Kier alpha value is -1.95. The molecule has 0 aliphatic carbocycles. The Labute approximate surface area is 128 Å². The molecule has 2 fully saturated rings. The lowest BCUT2D eigenvalue weighted by Gasteiger charge is -2.36. The van der Waals surface area contributed by atoms with Crippen molar-refractivity contribution < 1.29 is 18.7 Å².